The number of rotatable bonds is 4. The second kappa shape index (κ2) is 14.2. The maximum Gasteiger partial charge on any atom is 0.272 e. The minimum Gasteiger partial charge on any atom is -0.368 e. The van der Waals surface area contributed by atoms with Gasteiger partial charge >= 0.3 is 0 Å². The maximum absolute atomic E-state index is 13.5. The molecule has 7 heteroatoms. The smallest absolute Gasteiger partial charge is 0.272 e. The quantitative estimate of drug-likeness (QED) is 0.204. The summed E-state index contributed by atoms with van der Waals surface area (Å²) in [4.78, 5) is 28.7. The van der Waals surface area contributed by atoms with Crippen molar-refractivity contribution in [3.8, 4) is 0 Å². The Morgan fingerprint density at radius 2 is 1.61 bits per heavy atom. The number of aryl methyl sites for hydroxylation is 1. The number of aromatic nitrogens is 2. The Morgan fingerprint density at radius 1 is 0.804 bits per heavy atom. The van der Waals surface area contributed by atoms with Crippen molar-refractivity contribution < 1.29 is 9.18 Å². The van der Waals surface area contributed by atoms with Crippen molar-refractivity contribution in [2.75, 3.05) is 31.1 Å². The van der Waals surface area contributed by atoms with E-state index in [-0.39, 0.29) is 17.3 Å². The van der Waals surface area contributed by atoms with Crippen molar-refractivity contribution in [3.63, 3.8) is 0 Å². The van der Waals surface area contributed by atoms with Crippen molar-refractivity contribution in [1.29, 1.82) is 0 Å². The molecule has 5 aromatic carbocycles. The zero-order valence-corrected chi connectivity index (χ0v) is 28.4. The van der Waals surface area contributed by atoms with Crippen LogP contribution in [0.2, 0.25) is 0 Å². The molecule has 1 amide bonds. The second-order valence-electron chi connectivity index (χ2n) is 13.5. The lowest BCUT2D eigenvalue weighted by molar-refractivity contribution is 0.0746. The highest BCUT2D eigenvalue weighted by Crippen LogP contribution is 2.41. The summed E-state index contributed by atoms with van der Waals surface area (Å²) in [6, 6.07) is 33.4. The molecule has 6 aromatic rings. The number of nitrogens with zero attached hydrogens (tertiary/aromatic N) is 3. The number of H-pyrrole nitrogens is 1. The normalized spacial score (nSPS) is 15.3. The summed E-state index contributed by atoms with van der Waals surface area (Å²) in [6.07, 6.45) is 11.7. The van der Waals surface area contributed by atoms with E-state index >= 15 is 0 Å². The molecule has 0 atom stereocenters. The van der Waals surface area contributed by atoms with E-state index in [1.807, 2.05) is 47.4 Å². The number of allylic oxidation sites excluding steroid dienone is 4. The number of halogens is 1. The Bertz CT molecular complexity index is 2360. The van der Waals surface area contributed by atoms with Gasteiger partial charge in [-0.3, -0.25) is 9.59 Å². The lowest BCUT2D eigenvalue weighted by atomic mass is 9.78. The van der Waals surface area contributed by atoms with Gasteiger partial charge < -0.3 is 9.80 Å². The van der Waals surface area contributed by atoms with E-state index in [1.165, 1.54) is 51.6 Å². The number of benzene rings is 5. The standard InChI is InChI=1S/C36H33FN2O.C8H6N2O/c37-30-13-15-31(16-14-30)38-19-21-39(22-20-38)36(40)29-9-3-5-25(24-29)23-28-8-4-7-27-12-17-33-32-10-2-1-6-26(32)11-18-34(33)35(27)28;11-8-7-4-2-1-3-6(7)5-9-10-8/h2-5,7-10,12-17,24H,1,6,11,18-23H2;1-5H,(H,10,11). The Kier molecular flexibility index (Phi) is 9.01. The third-order valence-corrected chi connectivity index (χ3v) is 10.4. The lowest BCUT2D eigenvalue weighted by Gasteiger charge is -2.36. The summed E-state index contributed by atoms with van der Waals surface area (Å²) < 4.78 is 13.3. The van der Waals surface area contributed by atoms with Crippen LogP contribution in [0.25, 0.3) is 27.1 Å². The summed E-state index contributed by atoms with van der Waals surface area (Å²) in [5, 5.41) is 10.3. The van der Waals surface area contributed by atoms with Gasteiger partial charge in [-0.25, -0.2) is 9.49 Å². The summed E-state index contributed by atoms with van der Waals surface area (Å²) >= 11 is 0. The summed E-state index contributed by atoms with van der Waals surface area (Å²) in [5.74, 6) is -0.145. The first-order valence-electron chi connectivity index (χ1n) is 17.8. The fourth-order valence-corrected chi connectivity index (χ4v) is 7.80. The van der Waals surface area contributed by atoms with E-state index in [1.54, 1.807) is 17.8 Å². The van der Waals surface area contributed by atoms with E-state index in [4.69, 9.17) is 0 Å². The number of hydrogen-bond acceptors (Lipinski definition) is 4. The van der Waals surface area contributed by atoms with Gasteiger partial charge in [0.05, 0.1) is 6.20 Å². The molecule has 0 radical (unpaired) electrons. The number of aromatic amines is 1. The molecule has 0 bridgehead atoms. The summed E-state index contributed by atoms with van der Waals surface area (Å²) in [7, 11) is 0. The highest BCUT2D eigenvalue weighted by atomic mass is 19.1. The zero-order valence-electron chi connectivity index (χ0n) is 28.4. The molecule has 1 N–H and O–H groups in total. The third-order valence-electron chi connectivity index (χ3n) is 10.4. The van der Waals surface area contributed by atoms with Gasteiger partial charge in [-0.2, -0.15) is 5.10 Å². The average Bonchev–Trinajstić information content (AvgIpc) is 3.18. The van der Waals surface area contributed by atoms with E-state index in [0.717, 1.165) is 61.0 Å². The molecular weight excluding hydrogens is 636 g/mol. The molecule has 1 fully saturated rings. The number of piperazine rings is 1. The minimum atomic E-state index is -0.228. The van der Waals surface area contributed by atoms with E-state index < -0.39 is 0 Å². The first-order chi connectivity index (χ1) is 25.0. The molecule has 51 heavy (non-hydrogen) atoms. The predicted molar refractivity (Wildman–Crippen MR) is 204 cm³/mol. The predicted octanol–water partition coefficient (Wildman–Crippen LogP) is 8.51. The van der Waals surface area contributed by atoms with Gasteiger partial charge in [0.1, 0.15) is 5.82 Å². The Hall–Kier alpha value is -5.82. The minimum absolute atomic E-state index is 0.0828. The van der Waals surface area contributed by atoms with E-state index in [2.05, 4.69) is 69.7 Å². The summed E-state index contributed by atoms with van der Waals surface area (Å²) in [5.41, 5.74) is 10.0. The van der Waals surface area contributed by atoms with Crippen LogP contribution in [-0.2, 0) is 12.8 Å². The Balaban J connectivity index is 0.000000289. The second-order valence-corrected chi connectivity index (χ2v) is 13.5. The Morgan fingerprint density at radius 3 is 2.45 bits per heavy atom. The Labute approximate surface area is 296 Å². The molecule has 2 aliphatic carbocycles. The van der Waals surface area contributed by atoms with Gasteiger partial charge in [0.2, 0.25) is 0 Å². The third kappa shape index (κ3) is 6.72. The van der Waals surface area contributed by atoms with Crippen LogP contribution in [0.1, 0.15) is 51.9 Å². The monoisotopic (exact) mass is 674 g/mol. The topological polar surface area (TPSA) is 69.3 Å². The highest BCUT2D eigenvalue weighted by molar-refractivity contribution is 5.97. The molecule has 1 aromatic heterocycles. The van der Waals surface area contributed by atoms with Gasteiger partial charge in [-0.15, -0.1) is 0 Å². The van der Waals surface area contributed by atoms with Crippen LogP contribution in [0, 0.1) is 5.82 Å². The zero-order chi connectivity index (χ0) is 34.7. The highest BCUT2D eigenvalue weighted by Gasteiger charge is 2.24. The van der Waals surface area contributed by atoms with Crippen LogP contribution >= 0.6 is 0 Å². The average molecular weight is 675 g/mol. The molecule has 0 unspecified atom stereocenters. The van der Waals surface area contributed by atoms with Crippen LogP contribution in [0.3, 0.4) is 0 Å². The summed E-state index contributed by atoms with van der Waals surface area (Å²) in [6.45, 7) is 2.79. The number of fused-ring (bicyclic) bond motifs is 5. The molecule has 1 aliphatic heterocycles. The number of anilines is 1. The van der Waals surface area contributed by atoms with Gasteiger partial charge in [0.15, 0.2) is 0 Å². The number of hydrogen-bond donors (Lipinski definition) is 1. The van der Waals surface area contributed by atoms with Crippen molar-refractivity contribution in [3.05, 3.63) is 171 Å². The van der Waals surface area contributed by atoms with Crippen molar-refractivity contribution >= 4 is 38.7 Å². The number of nitrogens with one attached hydrogen (secondary N) is 1. The molecule has 3 aliphatic rings. The first-order valence-corrected chi connectivity index (χ1v) is 17.8. The molecule has 2 heterocycles. The molecule has 6 nitrogen and oxygen atoms in total. The van der Waals surface area contributed by atoms with E-state index in [0.29, 0.717) is 18.5 Å². The van der Waals surface area contributed by atoms with Gasteiger partial charge in [0, 0.05) is 48.2 Å². The largest absolute Gasteiger partial charge is 0.368 e. The van der Waals surface area contributed by atoms with Crippen molar-refractivity contribution in [2.45, 2.75) is 32.1 Å². The van der Waals surface area contributed by atoms with Gasteiger partial charge in [0.25, 0.3) is 11.5 Å². The van der Waals surface area contributed by atoms with Crippen LogP contribution < -0.4 is 10.5 Å². The molecular formula is C44H39FN4O2. The number of carbonyl (C=O) groups is 1. The van der Waals surface area contributed by atoms with Gasteiger partial charge in [-0.1, -0.05) is 78.4 Å². The van der Waals surface area contributed by atoms with Crippen molar-refractivity contribution in [1.82, 2.24) is 15.1 Å². The molecule has 0 spiro atoms. The number of amides is 1. The SMILES string of the molecule is O=C(c1cccc(Cc2cccc3ccc4c(c23)CCC2=C4C=CCC2)c1)N1CCN(c2ccc(F)cc2)CC1.O=c1[nH]ncc2ccccc12. The van der Waals surface area contributed by atoms with Crippen LogP contribution in [0.15, 0.2) is 132 Å². The molecule has 254 valence electrons. The van der Waals surface area contributed by atoms with Gasteiger partial charge in [-0.05, 0) is 113 Å². The number of carbonyl (C=O) groups excluding carboxylic acids is 1. The fraction of sp³-hybridized carbons (Fsp3) is 0.205. The maximum atomic E-state index is 13.5. The molecule has 9 rings (SSSR count). The fourth-order valence-electron chi connectivity index (χ4n) is 7.80. The van der Waals surface area contributed by atoms with E-state index in [9.17, 15) is 14.0 Å². The first kappa shape index (κ1) is 32.4. The lowest BCUT2D eigenvalue weighted by Crippen LogP contribution is -2.48. The van der Waals surface area contributed by atoms with Crippen LogP contribution in [0.5, 0.6) is 0 Å². The van der Waals surface area contributed by atoms with Crippen molar-refractivity contribution in [2.24, 2.45) is 0 Å². The molecule has 1 saturated heterocycles. The molecule has 0 saturated carbocycles. The van der Waals surface area contributed by atoms with Crippen LogP contribution in [0.4, 0.5) is 10.1 Å². The van der Waals surface area contributed by atoms with Crippen LogP contribution in [-0.4, -0.2) is 47.2 Å².